The van der Waals surface area contributed by atoms with Crippen molar-refractivity contribution in [1.82, 2.24) is 10.6 Å². The molecule has 1 aliphatic heterocycles. The first kappa shape index (κ1) is 14.9. The summed E-state index contributed by atoms with van der Waals surface area (Å²) in [5.41, 5.74) is -0.746. The number of carbonyl (C=O) groups excluding carboxylic acids is 1. The van der Waals surface area contributed by atoms with Gasteiger partial charge in [-0.1, -0.05) is 0 Å². The first-order chi connectivity index (χ1) is 8.14. The average Bonchev–Trinajstić information content (AvgIpc) is 2.49. The molecule has 1 fully saturated rings. The van der Waals surface area contributed by atoms with Crippen LogP contribution >= 0.6 is 0 Å². The molecule has 0 aromatic carbocycles. The van der Waals surface area contributed by atoms with E-state index in [-0.39, 0.29) is 18.1 Å². The third-order valence-corrected chi connectivity index (χ3v) is 4.79. The lowest BCUT2D eigenvalue weighted by Gasteiger charge is -2.24. The molecule has 8 heteroatoms. The SMILES string of the molecule is C[C@H](NCC(=O)NC1(C)CCS(=O)(=O)C1)C(=O)O. The summed E-state index contributed by atoms with van der Waals surface area (Å²) in [6.45, 7) is 2.95. The summed E-state index contributed by atoms with van der Waals surface area (Å²) in [5, 5.41) is 13.8. The van der Waals surface area contributed by atoms with Crippen molar-refractivity contribution in [3.63, 3.8) is 0 Å². The number of rotatable bonds is 5. The third kappa shape index (κ3) is 4.26. The van der Waals surface area contributed by atoms with Gasteiger partial charge in [-0.3, -0.25) is 14.9 Å². The highest BCUT2D eigenvalue weighted by Crippen LogP contribution is 2.22. The van der Waals surface area contributed by atoms with E-state index in [9.17, 15) is 18.0 Å². The summed E-state index contributed by atoms with van der Waals surface area (Å²) < 4.78 is 22.7. The molecule has 2 atom stereocenters. The minimum Gasteiger partial charge on any atom is -0.480 e. The second-order valence-corrected chi connectivity index (χ2v) is 7.08. The summed E-state index contributed by atoms with van der Waals surface area (Å²) >= 11 is 0. The van der Waals surface area contributed by atoms with E-state index < -0.39 is 33.3 Å². The van der Waals surface area contributed by atoms with Crippen molar-refractivity contribution in [1.29, 1.82) is 0 Å². The minimum absolute atomic E-state index is 0.0692. The lowest BCUT2D eigenvalue weighted by atomic mass is 10.0. The number of hydrogen-bond acceptors (Lipinski definition) is 5. The Labute approximate surface area is 106 Å². The number of sulfone groups is 1. The topological polar surface area (TPSA) is 113 Å². The maximum atomic E-state index is 11.6. The van der Waals surface area contributed by atoms with Crippen LogP contribution in [0.2, 0.25) is 0 Å². The Kier molecular flexibility index (Phi) is 4.33. The summed E-state index contributed by atoms with van der Waals surface area (Å²) in [6, 6.07) is -0.823. The van der Waals surface area contributed by atoms with Crippen LogP contribution in [0.25, 0.3) is 0 Å². The Balaban J connectivity index is 2.44. The highest BCUT2D eigenvalue weighted by atomic mass is 32.2. The van der Waals surface area contributed by atoms with Crippen molar-refractivity contribution in [2.24, 2.45) is 0 Å². The maximum absolute atomic E-state index is 11.6. The quantitative estimate of drug-likeness (QED) is 0.579. The van der Waals surface area contributed by atoms with Gasteiger partial charge in [0.1, 0.15) is 6.04 Å². The molecule has 0 saturated carbocycles. The molecular weight excluding hydrogens is 260 g/mol. The molecule has 18 heavy (non-hydrogen) atoms. The molecule has 1 unspecified atom stereocenters. The second kappa shape index (κ2) is 5.23. The van der Waals surface area contributed by atoms with Crippen LogP contribution in [-0.4, -0.2) is 55.0 Å². The minimum atomic E-state index is -3.07. The summed E-state index contributed by atoms with van der Waals surface area (Å²) in [4.78, 5) is 22.1. The Bertz CT molecular complexity index is 447. The number of carboxylic acid groups (broad SMARTS) is 1. The number of nitrogens with one attached hydrogen (secondary N) is 2. The zero-order chi connectivity index (χ0) is 14.0. The zero-order valence-corrected chi connectivity index (χ0v) is 11.2. The Morgan fingerprint density at radius 1 is 1.44 bits per heavy atom. The largest absolute Gasteiger partial charge is 0.480 e. The molecule has 1 saturated heterocycles. The van der Waals surface area contributed by atoms with Crippen LogP contribution < -0.4 is 10.6 Å². The van der Waals surface area contributed by atoms with Crippen molar-refractivity contribution < 1.29 is 23.1 Å². The molecule has 0 radical (unpaired) electrons. The van der Waals surface area contributed by atoms with Gasteiger partial charge in [-0.2, -0.15) is 0 Å². The van der Waals surface area contributed by atoms with Crippen molar-refractivity contribution >= 4 is 21.7 Å². The van der Waals surface area contributed by atoms with Crippen LogP contribution in [0.5, 0.6) is 0 Å². The second-order valence-electron chi connectivity index (χ2n) is 4.89. The normalized spacial score (nSPS) is 27.7. The molecule has 0 aromatic heterocycles. The zero-order valence-electron chi connectivity index (χ0n) is 10.4. The fourth-order valence-corrected chi connectivity index (χ4v) is 3.92. The van der Waals surface area contributed by atoms with Gasteiger partial charge in [0.2, 0.25) is 5.91 Å². The predicted molar refractivity (Wildman–Crippen MR) is 64.9 cm³/mol. The van der Waals surface area contributed by atoms with Crippen LogP contribution in [-0.2, 0) is 19.4 Å². The van der Waals surface area contributed by atoms with Gasteiger partial charge in [0.05, 0.1) is 23.6 Å². The summed E-state index contributed by atoms with van der Waals surface area (Å²) in [7, 11) is -3.07. The summed E-state index contributed by atoms with van der Waals surface area (Å²) in [6.07, 6.45) is 0.384. The summed E-state index contributed by atoms with van der Waals surface area (Å²) in [5.74, 6) is -1.44. The van der Waals surface area contributed by atoms with Crippen LogP contribution in [0.15, 0.2) is 0 Å². The van der Waals surface area contributed by atoms with Crippen LogP contribution in [0.3, 0.4) is 0 Å². The molecule has 3 N–H and O–H groups in total. The highest BCUT2D eigenvalue weighted by Gasteiger charge is 2.39. The van der Waals surface area contributed by atoms with Crippen LogP contribution in [0, 0.1) is 0 Å². The van der Waals surface area contributed by atoms with E-state index in [1.54, 1.807) is 6.92 Å². The fourth-order valence-electron chi connectivity index (χ4n) is 1.82. The van der Waals surface area contributed by atoms with Gasteiger partial charge in [-0.15, -0.1) is 0 Å². The molecule has 1 aliphatic rings. The molecule has 104 valence electrons. The monoisotopic (exact) mass is 278 g/mol. The van der Waals surface area contributed by atoms with E-state index >= 15 is 0 Å². The average molecular weight is 278 g/mol. The molecule has 0 bridgehead atoms. The fraction of sp³-hybridized carbons (Fsp3) is 0.800. The first-order valence-electron chi connectivity index (χ1n) is 5.61. The van der Waals surface area contributed by atoms with Gasteiger partial charge in [0.15, 0.2) is 9.84 Å². The molecule has 1 amide bonds. The first-order valence-corrected chi connectivity index (χ1v) is 7.43. The number of carbonyl (C=O) groups is 2. The van der Waals surface area contributed by atoms with Gasteiger partial charge in [-0.25, -0.2) is 8.42 Å². The van der Waals surface area contributed by atoms with Crippen molar-refractivity contribution in [2.75, 3.05) is 18.1 Å². The number of hydrogen-bond donors (Lipinski definition) is 3. The number of aliphatic carboxylic acids is 1. The lowest BCUT2D eigenvalue weighted by Crippen LogP contribution is -2.51. The Morgan fingerprint density at radius 3 is 2.50 bits per heavy atom. The van der Waals surface area contributed by atoms with Crippen molar-refractivity contribution in [3.05, 3.63) is 0 Å². The molecule has 0 spiro atoms. The van der Waals surface area contributed by atoms with Gasteiger partial charge >= 0.3 is 5.97 Å². The van der Waals surface area contributed by atoms with E-state index in [1.165, 1.54) is 6.92 Å². The standard InChI is InChI=1S/C10H18N2O5S/c1-7(9(14)15)11-5-8(13)12-10(2)3-4-18(16,17)6-10/h7,11H,3-6H2,1-2H3,(H,12,13)(H,14,15)/t7-,10?/m0/s1. The molecule has 0 aliphatic carbocycles. The van der Waals surface area contributed by atoms with Crippen LogP contribution in [0.4, 0.5) is 0 Å². The van der Waals surface area contributed by atoms with Gasteiger partial charge in [0, 0.05) is 0 Å². The smallest absolute Gasteiger partial charge is 0.320 e. The Hall–Kier alpha value is -1.15. The van der Waals surface area contributed by atoms with E-state index in [2.05, 4.69) is 10.6 Å². The number of carboxylic acids is 1. The van der Waals surface area contributed by atoms with E-state index in [4.69, 9.17) is 5.11 Å². The Morgan fingerprint density at radius 2 is 2.06 bits per heavy atom. The van der Waals surface area contributed by atoms with Gasteiger partial charge in [0.25, 0.3) is 0 Å². The van der Waals surface area contributed by atoms with E-state index in [0.29, 0.717) is 6.42 Å². The lowest BCUT2D eigenvalue weighted by molar-refractivity contribution is -0.139. The molecule has 1 heterocycles. The third-order valence-electron chi connectivity index (χ3n) is 2.88. The van der Waals surface area contributed by atoms with Crippen LogP contribution in [0.1, 0.15) is 20.3 Å². The van der Waals surface area contributed by atoms with Crippen molar-refractivity contribution in [3.8, 4) is 0 Å². The van der Waals surface area contributed by atoms with Gasteiger partial charge in [-0.05, 0) is 20.3 Å². The highest BCUT2D eigenvalue weighted by molar-refractivity contribution is 7.91. The van der Waals surface area contributed by atoms with E-state index in [0.717, 1.165) is 0 Å². The van der Waals surface area contributed by atoms with Crippen molar-refractivity contribution in [2.45, 2.75) is 31.8 Å². The molecule has 1 rings (SSSR count). The molecule has 7 nitrogen and oxygen atoms in total. The number of amides is 1. The molecular formula is C10H18N2O5S. The maximum Gasteiger partial charge on any atom is 0.320 e. The predicted octanol–water partition coefficient (Wildman–Crippen LogP) is -1.26. The van der Waals surface area contributed by atoms with E-state index in [1.807, 2.05) is 0 Å². The molecule has 0 aromatic rings. The van der Waals surface area contributed by atoms with Gasteiger partial charge < -0.3 is 10.4 Å².